The highest BCUT2D eigenvalue weighted by atomic mass is 32.1. The lowest BCUT2D eigenvalue weighted by molar-refractivity contribution is -0.138. The van der Waals surface area contributed by atoms with Crippen LogP contribution in [0.5, 0.6) is 0 Å². The summed E-state index contributed by atoms with van der Waals surface area (Å²) in [5.41, 5.74) is 0. The molecule has 0 bridgehead atoms. The lowest BCUT2D eigenvalue weighted by Crippen LogP contribution is -2.10. The smallest absolute Gasteiger partial charge is 0.311 e. The van der Waals surface area contributed by atoms with Crippen LogP contribution in [0.1, 0.15) is 79.9 Å². The normalized spacial score (nSPS) is 12.8. The zero-order valence-electron chi connectivity index (χ0n) is 16.0. The number of carbonyl (C=O) groups excluding carboxylic acids is 1. The van der Waals surface area contributed by atoms with E-state index < -0.39 is 11.9 Å². The van der Waals surface area contributed by atoms with Crippen molar-refractivity contribution in [2.45, 2.75) is 70.1 Å². The molecule has 1 aromatic rings. The van der Waals surface area contributed by atoms with Crippen molar-refractivity contribution in [2.24, 2.45) is 0 Å². The van der Waals surface area contributed by atoms with Crippen molar-refractivity contribution >= 4 is 29.7 Å². The lowest BCUT2D eigenvalue weighted by atomic mass is 10.0. The highest BCUT2D eigenvalue weighted by Gasteiger charge is 2.20. The van der Waals surface area contributed by atoms with Crippen LogP contribution in [0.25, 0.3) is 6.08 Å². The molecule has 0 aliphatic carbocycles. The van der Waals surface area contributed by atoms with Gasteiger partial charge in [0.15, 0.2) is 0 Å². The van der Waals surface area contributed by atoms with Gasteiger partial charge < -0.3 is 15.0 Å². The molecule has 5 heteroatoms. The second-order valence-corrected chi connectivity index (χ2v) is 7.80. The molecule has 0 radical (unpaired) electrons. The Balaban J connectivity index is 2.25. The number of aliphatic carboxylic acids is 1. The van der Waals surface area contributed by atoms with Crippen LogP contribution in [0.2, 0.25) is 0 Å². The molecule has 1 aromatic heterocycles. The topological polar surface area (TPSA) is 74.6 Å². The highest BCUT2D eigenvalue weighted by Crippen LogP contribution is 2.29. The highest BCUT2D eigenvalue weighted by molar-refractivity contribution is 7.13. The summed E-state index contributed by atoms with van der Waals surface area (Å²) in [7, 11) is 0. The molecule has 0 amide bonds. The van der Waals surface area contributed by atoms with Gasteiger partial charge in [-0.05, 0) is 43.9 Å². The van der Waals surface area contributed by atoms with Crippen molar-refractivity contribution in [3.8, 4) is 0 Å². The maximum atomic E-state index is 11.3. The number of aliphatic hydroxyl groups is 1. The third-order valence-electron chi connectivity index (χ3n) is 4.40. The van der Waals surface area contributed by atoms with Gasteiger partial charge in [0.2, 0.25) is 0 Å². The number of hydrogen-bond donors (Lipinski definition) is 2. The zero-order chi connectivity index (χ0) is 19.7. The standard InChI is InChI=1S/C22H32O4S/c23-17-11-9-7-5-3-1-2-4-6-8-10-13-19-15-16-21(27-19)20(22(25)26)14-12-18-24/h6,8,10,13,15-16,18,20,23H,1-5,7,9,11-12,14,17H2,(H,25,26)/b8-6+,13-10+. The molecule has 0 fully saturated rings. The summed E-state index contributed by atoms with van der Waals surface area (Å²) in [5.74, 6) is -1.47. The van der Waals surface area contributed by atoms with Gasteiger partial charge in [-0.2, -0.15) is 0 Å². The predicted octanol–water partition coefficient (Wildman–Crippen LogP) is 5.58. The second-order valence-electron chi connectivity index (χ2n) is 6.65. The molecule has 0 aliphatic heterocycles. The van der Waals surface area contributed by atoms with Crippen LogP contribution in [0.15, 0.2) is 30.4 Å². The number of carbonyl (C=O) groups is 2. The number of carboxylic acid groups (broad SMARTS) is 1. The van der Waals surface area contributed by atoms with Gasteiger partial charge in [-0.15, -0.1) is 11.3 Å². The van der Waals surface area contributed by atoms with E-state index in [1.54, 1.807) is 0 Å². The predicted molar refractivity (Wildman–Crippen MR) is 112 cm³/mol. The van der Waals surface area contributed by atoms with Crippen LogP contribution in [-0.2, 0) is 9.59 Å². The van der Waals surface area contributed by atoms with Crippen molar-refractivity contribution in [3.63, 3.8) is 0 Å². The molecule has 150 valence electrons. The van der Waals surface area contributed by atoms with Gasteiger partial charge in [0.25, 0.3) is 0 Å². The van der Waals surface area contributed by atoms with E-state index in [9.17, 15) is 14.7 Å². The Kier molecular flexibility index (Phi) is 13.3. The molecule has 27 heavy (non-hydrogen) atoms. The molecule has 4 nitrogen and oxygen atoms in total. The van der Waals surface area contributed by atoms with Gasteiger partial charge in [-0.3, -0.25) is 4.79 Å². The zero-order valence-corrected chi connectivity index (χ0v) is 16.8. The summed E-state index contributed by atoms with van der Waals surface area (Å²) in [6, 6.07) is 3.77. The average Bonchev–Trinajstić information content (AvgIpc) is 3.11. The number of hydrogen-bond acceptors (Lipinski definition) is 4. The van der Waals surface area contributed by atoms with E-state index in [4.69, 9.17) is 5.11 Å². The molecule has 0 saturated heterocycles. The average molecular weight is 393 g/mol. The van der Waals surface area contributed by atoms with Gasteiger partial charge in [0.1, 0.15) is 6.29 Å². The minimum absolute atomic E-state index is 0.269. The molecule has 1 rings (SSSR count). The second kappa shape index (κ2) is 15.3. The summed E-state index contributed by atoms with van der Waals surface area (Å²) in [6.45, 7) is 0.311. The van der Waals surface area contributed by atoms with Gasteiger partial charge in [-0.1, -0.05) is 50.3 Å². The number of aldehydes is 1. The monoisotopic (exact) mass is 392 g/mol. The Morgan fingerprint density at radius 2 is 1.70 bits per heavy atom. The van der Waals surface area contributed by atoms with E-state index in [0.29, 0.717) is 13.0 Å². The maximum absolute atomic E-state index is 11.3. The number of thiophene rings is 1. The SMILES string of the molecule is O=CCCC(C(=O)O)c1ccc(/C=C/C=C/CCCCCCCCCO)s1. The van der Waals surface area contributed by atoms with E-state index >= 15 is 0 Å². The Labute approximate surface area is 166 Å². The first-order chi connectivity index (χ1) is 13.2. The molecule has 2 N–H and O–H groups in total. The van der Waals surface area contributed by atoms with E-state index in [2.05, 4.69) is 6.08 Å². The molecule has 1 unspecified atom stereocenters. The van der Waals surface area contributed by atoms with Crippen LogP contribution in [0, 0.1) is 0 Å². The van der Waals surface area contributed by atoms with Gasteiger partial charge in [0.05, 0.1) is 5.92 Å². The number of aliphatic hydroxyl groups excluding tert-OH is 1. The summed E-state index contributed by atoms with van der Waals surface area (Å²) in [5, 5.41) is 18.0. The third kappa shape index (κ3) is 10.9. The minimum Gasteiger partial charge on any atom is -0.481 e. The first-order valence-electron chi connectivity index (χ1n) is 9.89. The van der Waals surface area contributed by atoms with Crippen molar-refractivity contribution in [2.75, 3.05) is 6.61 Å². The van der Waals surface area contributed by atoms with Crippen LogP contribution < -0.4 is 0 Å². The summed E-state index contributed by atoms with van der Waals surface area (Å²) >= 11 is 1.47. The van der Waals surface area contributed by atoms with Crippen LogP contribution in [0.3, 0.4) is 0 Å². The fourth-order valence-corrected chi connectivity index (χ4v) is 3.90. The van der Waals surface area contributed by atoms with Crippen LogP contribution in [0.4, 0.5) is 0 Å². The molecule has 0 aromatic carbocycles. The molecule has 1 atom stereocenters. The van der Waals surface area contributed by atoms with Crippen molar-refractivity contribution in [1.82, 2.24) is 0 Å². The van der Waals surface area contributed by atoms with E-state index in [-0.39, 0.29) is 6.42 Å². The van der Waals surface area contributed by atoms with Gasteiger partial charge in [0, 0.05) is 22.8 Å². The Hall–Kier alpha value is -1.72. The van der Waals surface area contributed by atoms with E-state index in [1.165, 1.54) is 43.4 Å². The number of unbranched alkanes of at least 4 members (excludes halogenated alkanes) is 7. The number of allylic oxidation sites excluding steroid dienone is 3. The van der Waals surface area contributed by atoms with Crippen LogP contribution >= 0.6 is 11.3 Å². The summed E-state index contributed by atoms with van der Waals surface area (Å²) < 4.78 is 0. The number of rotatable bonds is 16. The number of carboxylic acids is 1. The molecule has 1 heterocycles. The fraction of sp³-hybridized carbons (Fsp3) is 0.545. The van der Waals surface area contributed by atoms with Gasteiger partial charge >= 0.3 is 5.97 Å². The largest absolute Gasteiger partial charge is 0.481 e. The molecule has 0 aliphatic rings. The lowest BCUT2D eigenvalue weighted by Gasteiger charge is -2.07. The molecule has 0 spiro atoms. The molecule has 0 saturated carbocycles. The molecular weight excluding hydrogens is 360 g/mol. The first-order valence-corrected chi connectivity index (χ1v) is 10.7. The Bertz CT molecular complexity index is 589. The van der Waals surface area contributed by atoms with Gasteiger partial charge in [-0.25, -0.2) is 0 Å². The van der Waals surface area contributed by atoms with Crippen LogP contribution in [-0.4, -0.2) is 29.1 Å². The quantitative estimate of drug-likeness (QED) is 0.219. The summed E-state index contributed by atoms with van der Waals surface area (Å²) in [4.78, 5) is 23.7. The Morgan fingerprint density at radius 3 is 2.37 bits per heavy atom. The fourth-order valence-electron chi connectivity index (χ4n) is 2.85. The van der Waals surface area contributed by atoms with Crippen molar-refractivity contribution in [1.29, 1.82) is 0 Å². The minimum atomic E-state index is -0.873. The Morgan fingerprint density at radius 1 is 1.00 bits per heavy atom. The maximum Gasteiger partial charge on any atom is 0.311 e. The first kappa shape index (κ1) is 23.3. The van der Waals surface area contributed by atoms with E-state index in [0.717, 1.165) is 35.3 Å². The van der Waals surface area contributed by atoms with E-state index in [1.807, 2.05) is 30.4 Å². The summed E-state index contributed by atoms with van der Waals surface area (Å²) in [6.07, 6.45) is 18.9. The van der Waals surface area contributed by atoms with Crippen molar-refractivity contribution < 1.29 is 19.8 Å². The molecular formula is C22H32O4S. The third-order valence-corrected chi connectivity index (χ3v) is 5.56. The van der Waals surface area contributed by atoms with Crippen molar-refractivity contribution in [3.05, 3.63) is 40.1 Å².